The molecule has 18 heavy (non-hydrogen) atoms. The van der Waals surface area contributed by atoms with Crippen molar-refractivity contribution in [3.05, 3.63) is 22.2 Å². The second kappa shape index (κ2) is 4.45. The highest BCUT2D eigenvalue weighted by Gasteiger charge is 2.23. The minimum absolute atomic E-state index is 0.140. The number of aromatic amines is 1. The zero-order chi connectivity index (χ0) is 13.3. The lowest BCUT2D eigenvalue weighted by Crippen LogP contribution is -2.33. The summed E-state index contributed by atoms with van der Waals surface area (Å²) in [6.07, 6.45) is 1.15. The third-order valence-electron chi connectivity index (χ3n) is 2.45. The van der Waals surface area contributed by atoms with Crippen LogP contribution in [0.25, 0.3) is 11.6 Å². The van der Waals surface area contributed by atoms with Gasteiger partial charge in [-0.15, -0.1) is 0 Å². The van der Waals surface area contributed by atoms with Crippen molar-refractivity contribution in [1.82, 2.24) is 19.9 Å². The Labute approximate surface area is 100 Å². The number of carbonyl (C=O) groups is 1. The quantitative estimate of drug-likeness (QED) is 0.616. The van der Waals surface area contributed by atoms with Crippen LogP contribution in [0.15, 0.2) is 15.6 Å². The number of aromatic nitrogens is 4. The number of nitrogens with two attached hydrogens (primary N) is 1. The average Bonchev–Trinajstić information content (AvgIpc) is 2.86. The third kappa shape index (κ3) is 2.02. The molecule has 0 unspecified atom stereocenters. The van der Waals surface area contributed by atoms with Gasteiger partial charge in [-0.2, -0.15) is 10.3 Å². The van der Waals surface area contributed by atoms with Gasteiger partial charge in [0, 0.05) is 13.5 Å². The van der Waals surface area contributed by atoms with Gasteiger partial charge in [-0.25, -0.2) is 9.67 Å². The largest absolute Gasteiger partial charge is 0.480 e. The summed E-state index contributed by atoms with van der Waals surface area (Å²) in [5.74, 6) is -0.725. The Hall–Kier alpha value is -2.42. The van der Waals surface area contributed by atoms with Crippen LogP contribution in [0.2, 0.25) is 0 Å². The van der Waals surface area contributed by atoms with Crippen molar-refractivity contribution in [3.63, 3.8) is 0 Å². The van der Waals surface area contributed by atoms with Crippen molar-refractivity contribution in [1.29, 1.82) is 0 Å². The fraction of sp³-hybridized carbons (Fsp3) is 0.333. The first kappa shape index (κ1) is 12.0. The van der Waals surface area contributed by atoms with Crippen molar-refractivity contribution >= 4 is 5.97 Å². The molecule has 0 saturated heterocycles. The Morgan fingerprint density at radius 2 is 2.44 bits per heavy atom. The lowest BCUT2D eigenvalue weighted by Gasteiger charge is -2.04. The van der Waals surface area contributed by atoms with E-state index in [2.05, 4.69) is 15.2 Å². The number of rotatable bonds is 4. The molecule has 2 aromatic heterocycles. The van der Waals surface area contributed by atoms with Gasteiger partial charge < -0.3 is 15.4 Å². The molecule has 4 N–H and O–H groups in total. The molecule has 0 saturated carbocycles. The Morgan fingerprint density at radius 1 is 1.72 bits per heavy atom. The molecule has 0 amide bonds. The highest BCUT2D eigenvalue weighted by Crippen LogP contribution is 2.18. The molecule has 0 aromatic carbocycles. The molecule has 2 aromatic rings. The van der Waals surface area contributed by atoms with Gasteiger partial charge in [-0.3, -0.25) is 9.59 Å². The Kier molecular flexibility index (Phi) is 2.98. The average molecular weight is 253 g/mol. The highest BCUT2D eigenvalue weighted by molar-refractivity contribution is 5.74. The van der Waals surface area contributed by atoms with E-state index in [0.717, 1.165) is 0 Å². The van der Waals surface area contributed by atoms with Crippen LogP contribution in [0.1, 0.15) is 5.56 Å². The maximum atomic E-state index is 11.5. The summed E-state index contributed by atoms with van der Waals surface area (Å²) >= 11 is 0. The summed E-state index contributed by atoms with van der Waals surface area (Å²) in [6, 6.07) is -1.18. The topological polar surface area (TPSA) is 140 Å². The van der Waals surface area contributed by atoms with Crippen molar-refractivity contribution < 1.29 is 14.4 Å². The molecule has 0 aliphatic rings. The first-order chi connectivity index (χ1) is 8.50. The number of hydrogen-bond acceptors (Lipinski definition) is 6. The summed E-state index contributed by atoms with van der Waals surface area (Å²) in [7, 11) is 1.62. The lowest BCUT2D eigenvalue weighted by atomic mass is 10.1. The minimum Gasteiger partial charge on any atom is -0.480 e. The van der Waals surface area contributed by atoms with Gasteiger partial charge in [-0.05, 0) is 0 Å². The number of carboxylic acid groups (broad SMARTS) is 1. The summed E-state index contributed by atoms with van der Waals surface area (Å²) in [5.41, 5.74) is 5.02. The van der Waals surface area contributed by atoms with Crippen LogP contribution in [0.3, 0.4) is 0 Å². The number of hydrogen-bond donors (Lipinski definition) is 3. The molecule has 2 rings (SSSR count). The molecule has 0 bridgehead atoms. The van der Waals surface area contributed by atoms with Crippen LogP contribution >= 0.6 is 0 Å². The van der Waals surface area contributed by atoms with E-state index in [1.165, 1.54) is 11.0 Å². The number of nitrogens with zero attached hydrogens (tertiary/aromatic N) is 3. The molecule has 1 atom stereocenters. The maximum absolute atomic E-state index is 11.5. The summed E-state index contributed by atoms with van der Waals surface area (Å²) in [5, 5.41) is 14.7. The Morgan fingerprint density at radius 3 is 3.00 bits per heavy atom. The molecule has 0 fully saturated rings. The smallest absolute Gasteiger partial charge is 0.320 e. The Balaban J connectivity index is 2.43. The number of nitrogens with one attached hydrogen (secondary N) is 1. The molecule has 96 valence electrons. The van der Waals surface area contributed by atoms with E-state index in [-0.39, 0.29) is 17.7 Å². The zero-order valence-corrected chi connectivity index (χ0v) is 9.45. The number of carboxylic acids is 1. The van der Waals surface area contributed by atoms with E-state index >= 15 is 0 Å². The highest BCUT2D eigenvalue weighted by atomic mass is 16.5. The van der Waals surface area contributed by atoms with E-state index in [4.69, 9.17) is 15.4 Å². The van der Waals surface area contributed by atoms with E-state index < -0.39 is 17.6 Å². The van der Waals surface area contributed by atoms with E-state index in [0.29, 0.717) is 5.82 Å². The van der Waals surface area contributed by atoms with Crippen LogP contribution in [0.4, 0.5) is 0 Å². The molecule has 2 heterocycles. The van der Waals surface area contributed by atoms with E-state index in [1.807, 2.05) is 0 Å². The first-order valence-electron chi connectivity index (χ1n) is 5.03. The fourth-order valence-corrected chi connectivity index (χ4v) is 1.50. The second-order valence-corrected chi connectivity index (χ2v) is 3.70. The lowest BCUT2D eigenvalue weighted by molar-refractivity contribution is -0.138. The summed E-state index contributed by atoms with van der Waals surface area (Å²) in [6.45, 7) is 0. The van der Waals surface area contributed by atoms with Crippen LogP contribution < -0.4 is 11.3 Å². The van der Waals surface area contributed by atoms with Crippen molar-refractivity contribution in [2.45, 2.75) is 12.5 Å². The molecular formula is C9H11N5O4. The van der Waals surface area contributed by atoms with Crippen molar-refractivity contribution in [2.24, 2.45) is 12.8 Å². The van der Waals surface area contributed by atoms with Crippen LogP contribution in [-0.2, 0) is 18.3 Å². The van der Waals surface area contributed by atoms with Gasteiger partial charge in [0.2, 0.25) is 5.76 Å². The zero-order valence-electron chi connectivity index (χ0n) is 9.45. The van der Waals surface area contributed by atoms with Gasteiger partial charge in [0.25, 0.3) is 5.56 Å². The van der Waals surface area contributed by atoms with Gasteiger partial charge in [0.05, 0.1) is 5.56 Å². The van der Waals surface area contributed by atoms with Crippen LogP contribution in [0.5, 0.6) is 0 Å². The van der Waals surface area contributed by atoms with Gasteiger partial charge in [0.15, 0.2) is 5.82 Å². The number of aliphatic carboxylic acids is 1. The van der Waals surface area contributed by atoms with Crippen LogP contribution in [0, 0.1) is 0 Å². The molecule has 9 nitrogen and oxygen atoms in total. The normalized spacial score (nSPS) is 12.6. The van der Waals surface area contributed by atoms with Gasteiger partial charge in [0.1, 0.15) is 12.4 Å². The second-order valence-electron chi connectivity index (χ2n) is 3.70. The summed E-state index contributed by atoms with van der Waals surface area (Å²) < 4.78 is 6.40. The van der Waals surface area contributed by atoms with Gasteiger partial charge in [-0.1, -0.05) is 0 Å². The molecule has 0 spiro atoms. The van der Waals surface area contributed by atoms with E-state index in [1.54, 1.807) is 7.05 Å². The SMILES string of the molecule is Cn1ncnc1-c1o[nH]c(=O)c1C[C@H](N)C(=O)O. The number of aryl methyl sites for hydroxylation is 1. The predicted molar refractivity (Wildman–Crippen MR) is 58.6 cm³/mol. The number of H-pyrrole nitrogens is 1. The summed E-state index contributed by atoms with van der Waals surface area (Å²) in [4.78, 5) is 26.2. The predicted octanol–water partition coefficient (Wildman–Crippen LogP) is -1.28. The van der Waals surface area contributed by atoms with Gasteiger partial charge >= 0.3 is 5.97 Å². The molecular weight excluding hydrogens is 242 g/mol. The molecule has 9 heteroatoms. The molecule has 0 aliphatic heterocycles. The van der Waals surface area contributed by atoms with Crippen molar-refractivity contribution in [2.75, 3.05) is 0 Å². The monoisotopic (exact) mass is 253 g/mol. The minimum atomic E-state index is -1.19. The van der Waals surface area contributed by atoms with Crippen LogP contribution in [-0.4, -0.2) is 37.0 Å². The maximum Gasteiger partial charge on any atom is 0.320 e. The standard InChI is InChI=1S/C9H11N5O4/c1-14-7(11-3-12-14)6-4(8(15)13-18-6)2-5(10)9(16)17/h3,5H,2,10H2,1H3,(H,13,15)(H,16,17)/t5-/m0/s1. The fourth-order valence-electron chi connectivity index (χ4n) is 1.50. The van der Waals surface area contributed by atoms with E-state index in [9.17, 15) is 9.59 Å². The third-order valence-corrected chi connectivity index (χ3v) is 2.45. The molecule has 0 aliphatic carbocycles. The van der Waals surface area contributed by atoms with Crippen molar-refractivity contribution in [3.8, 4) is 11.6 Å². The molecule has 0 radical (unpaired) electrons. The Bertz CT molecular complexity index is 625. The first-order valence-corrected chi connectivity index (χ1v) is 5.03.